The van der Waals surface area contributed by atoms with Crippen LogP contribution in [0.5, 0.6) is 0 Å². The van der Waals surface area contributed by atoms with Crippen molar-refractivity contribution in [1.29, 1.82) is 0 Å². The van der Waals surface area contributed by atoms with Crippen molar-refractivity contribution in [3.63, 3.8) is 0 Å². The van der Waals surface area contributed by atoms with E-state index in [1.54, 1.807) is 11.3 Å². The maximum atomic E-state index is 4.70. The van der Waals surface area contributed by atoms with Crippen molar-refractivity contribution in [1.82, 2.24) is 9.97 Å². The van der Waals surface area contributed by atoms with E-state index in [9.17, 15) is 0 Å². The Labute approximate surface area is 134 Å². The largest absolute Gasteiger partial charge is 0.372 e. The Kier molecular flexibility index (Phi) is 4.63. The fourth-order valence-corrected chi connectivity index (χ4v) is 4.00. The molecule has 0 spiro atoms. The van der Waals surface area contributed by atoms with Gasteiger partial charge in [-0.2, -0.15) is 0 Å². The molecule has 0 aliphatic heterocycles. The van der Waals surface area contributed by atoms with Crippen molar-refractivity contribution in [2.75, 3.05) is 12.4 Å². The first kappa shape index (κ1) is 14.9. The van der Waals surface area contributed by atoms with Crippen LogP contribution in [0.1, 0.15) is 30.3 Å². The Morgan fingerprint density at radius 2 is 1.95 bits per heavy atom. The van der Waals surface area contributed by atoms with Crippen molar-refractivity contribution in [3.8, 4) is 10.7 Å². The summed E-state index contributed by atoms with van der Waals surface area (Å²) in [6.07, 6.45) is 0. The molecule has 0 bridgehead atoms. The van der Waals surface area contributed by atoms with Gasteiger partial charge in [-0.05, 0) is 50.8 Å². The molecular formula is C13H15Br2N3S. The summed E-state index contributed by atoms with van der Waals surface area (Å²) in [7, 11) is 1.87. The average molecular weight is 405 g/mol. The molecule has 0 atom stereocenters. The van der Waals surface area contributed by atoms with Gasteiger partial charge in [-0.25, -0.2) is 9.97 Å². The Hall–Kier alpha value is -0.460. The number of aromatic nitrogens is 2. The minimum atomic E-state index is 0.340. The minimum Gasteiger partial charge on any atom is -0.372 e. The van der Waals surface area contributed by atoms with Crippen molar-refractivity contribution in [2.45, 2.75) is 26.7 Å². The third kappa shape index (κ3) is 3.01. The summed E-state index contributed by atoms with van der Waals surface area (Å²) in [6.45, 7) is 6.34. The van der Waals surface area contributed by atoms with Crippen molar-refractivity contribution in [3.05, 3.63) is 25.6 Å². The molecule has 0 aliphatic carbocycles. The third-order valence-electron chi connectivity index (χ3n) is 2.74. The molecule has 0 radical (unpaired) electrons. The zero-order valence-corrected chi connectivity index (χ0v) is 15.2. The molecule has 1 N–H and O–H groups in total. The van der Waals surface area contributed by atoms with Gasteiger partial charge in [0.05, 0.1) is 15.0 Å². The van der Waals surface area contributed by atoms with Gasteiger partial charge in [0.15, 0.2) is 5.82 Å². The lowest BCUT2D eigenvalue weighted by molar-refractivity contribution is 0.810. The second kappa shape index (κ2) is 5.89. The Morgan fingerprint density at radius 3 is 2.42 bits per heavy atom. The van der Waals surface area contributed by atoms with Gasteiger partial charge in [0.2, 0.25) is 0 Å². The second-order valence-electron chi connectivity index (χ2n) is 4.51. The lowest BCUT2D eigenvalue weighted by atomic mass is 10.1. The molecule has 2 rings (SSSR count). The number of hydrogen-bond acceptors (Lipinski definition) is 4. The van der Waals surface area contributed by atoms with Crippen LogP contribution in [0.4, 0.5) is 5.82 Å². The topological polar surface area (TPSA) is 37.8 Å². The quantitative estimate of drug-likeness (QED) is 0.763. The van der Waals surface area contributed by atoms with Crippen LogP contribution in [-0.2, 0) is 0 Å². The molecule has 19 heavy (non-hydrogen) atoms. The van der Waals surface area contributed by atoms with Crippen LogP contribution >= 0.6 is 43.2 Å². The molecule has 0 unspecified atom stereocenters. The van der Waals surface area contributed by atoms with E-state index in [-0.39, 0.29) is 0 Å². The van der Waals surface area contributed by atoms with Crippen LogP contribution < -0.4 is 5.32 Å². The highest BCUT2D eigenvalue weighted by molar-refractivity contribution is 9.11. The first-order valence-corrected chi connectivity index (χ1v) is 8.35. The van der Waals surface area contributed by atoms with Crippen LogP contribution in [0.25, 0.3) is 10.7 Å². The van der Waals surface area contributed by atoms with E-state index in [2.05, 4.69) is 69.0 Å². The smallest absolute Gasteiger partial charge is 0.171 e. The third-order valence-corrected chi connectivity index (χ3v) is 5.65. The Balaban J connectivity index is 2.60. The maximum absolute atomic E-state index is 4.70. The first-order valence-electron chi connectivity index (χ1n) is 5.95. The zero-order chi connectivity index (χ0) is 14.2. The highest BCUT2D eigenvalue weighted by Crippen LogP contribution is 2.36. The molecule has 0 saturated heterocycles. The van der Waals surface area contributed by atoms with Crippen LogP contribution in [0, 0.1) is 6.92 Å². The van der Waals surface area contributed by atoms with Gasteiger partial charge >= 0.3 is 0 Å². The van der Waals surface area contributed by atoms with E-state index >= 15 is 0 Å². The van der Waals surface area contributed by atoms with Gasteiger partial charge in [0.1, 0.15) is 5.82 Å². The summed E-state index contributed by atoms with van der Waals surface area (Å²) >= 11 is 8.81. The monoisotopic (exact) mass is 403 g/mol. The predicted molar refractivity (Wildman–Crippen MR) is 89.1 cm³/mol. The molecule has 0 aliphatic rings. The summed E-state index contributed by atoms with van der Waals surface area (Å²) in [5.41, 5.74) is 1.02. The maximum Gasteiger partial charge on any atom is 0.171 e. The molecule has 102 valence electrons. The number of rotatable bonds is 3. The van der Waals surface area contributed by atoms with Crippen molar-refractivity contribution < 1.29 is 0 Å². The van der Waals surface area contributed by atoms with E-state index in [1.807, 2.05) is 7.05 Å². The standard InChI is InChI=1S/C13H15Br2N3S/c1-6(2)11-10(15)13(16-4)18-12(17-11)9-5-8(14)7(3)19-9/h5-6H,1-4H3,(H,16,17,18). The number of thiophene rings is 1. The van der Waals surface area contributed by atoms with Crippen LogP contribution in [0.2, 0.25) is 0 Å². The van der Waals surface area contributed by atoms with E-state index in [4.69, 9.17) is 4.98 Å². The van der Waals surface area contributed by atoms with Gasteiger partial charge in [-0.1, -0.05) is 13.8 Å². The Morgan fingerprint density at radius 1 is 1.26 bits per heavy atom. The summed E-state index contributed by atoms with van der Waals surface area (Å²) in [6, 6.07) is 2.08. The molecule has 0 amide bonds. The predicted octanol–water partition coefficient (Wildman–Crippen LogP) is 5.20. The number of hydrogen-bond donors (Lipinski definition) is 1. The van der Waals surface area contributed by atoms with Crippen LogP contribution in [0.15, 0.2) is 15.0 Å². The van der Waals surface area contributed by atoms with E-state index in [0.717, 1.165) is 31.2 Å². The summed E-state index contributed by atoms with van der Waals surface area (Å²) in [5.74, 6) is 1.94. The SMILES string of the molecule is CNc1nc(-c2cc(Br)c(C)s2)nc(C(C)C)c1Br. The Bertz CT molecular complexity index is 589. The minimum absolute atomic E-state index is 0.340. The molecule has 3 nitrogen and oxygen atoms in total. The molecule has 0 fully saturated rings. The summed E-state index contributed by atoms with van der Waals surface area (Å²) in [5, 5.41) is 3.12. The zero-order valence-electron chi connectivity index (χ0n) is 11.2. The van der Waals surface area contributed by atoms with Crippen molar-refractivity contribution >= 4 is 49.0 Å². The molecule has 6 heteroatoms. The number of aryl methyl sites for hydroxylation is 1. The fraction of sp³-hybridized carbons (Fsp3) is 0.385. The summed E-state index contributed by atoms with van der Waals surface area (Å²) in [4.78, 5) is 11.6. The van der Waals surface area contributed by atoms with Gasteiger partial charge in [0.25, 0.3) is 0 Å². The van der Waals surface area contributed by atoms with Crippen LogP contribution in [-0.4, -0.2) is 17.0 Å². The number of nitrogens with one attached hydrogen (secondary N) is 1. The van der Waals surface area contributed by atoms with E-state index in [1.165, 1.54) is 4.88 Å². The van der Waals surface area contributed by atoms with Gasteiger partial charge < -0.3 is 5.32 Å². The number of anilines is 1. The second-order valence-corrected chi connectivity index (χ2v) is 7.42. The summed E-state index contributed by atoms with van der Waals surface area (Å²) < 4.78 is 2.05. The number of nitrogens with zero attached hydrogens (tertiary/aromatic N) is 2. The molecular weight excluding hydrogens is 390 g/mol. The highest BCUT2D eigenvalue weighted by atomic mass is 79.9. The fourth-order valence-electron chi connectivity index (χ4n) is 1.69. The lowest BCUT2D eigenvalue weighted by Gasteiger charge is -2.12. The first-order chi connectivity index (χ1) is 8.93. The van der Waals surface area contributed by atoms with Gasteiger partial charge in [0, 0.05) is 16.4 Å². The van der Waals surface area contributed by atoms with E-state index in [0.29, 0.717) is 5.92 Å². The normalized spacial score (nSPS) is 11.1. The molecule has 2 heterocycles. The van der Waals surface area contributed by atoms with Crippen LogP contribution in [0.3, 0.4) is 0 Å². The molecule has 2 aromatic heterocycles. The molecule has 2 aromatic rings. The van der Waals surface area contributed by atoms with Gasteiger partial charge in [-0.15, -0.1) is 11.3 Å². The van der Waals surface area contributed by atoms with Gasteiger partial charge in [-0.3, -0.25) is 0 Å². The average Bonchev–Trinajstić information content (AvgIpc) is 2.69. The molecule has 0 aromatic carbocycles. The lowest BCUT2D eigenvalue weighted by Crippen LogP contribution is -2.04. The number of halogens is 2. The van der Waals surface area contributed by atoms with E-state index < -0.39 is 0 Å². The highest BCUT2D eigenvalue weighted by Gasteiger charge is 2.16. The molecule has 0 saturated carbocycles. The van der Waals surface area contributed by atoms with Crippen molar-refractivity contribution in [2.24, 2.45) is 0 Å².